The third kappa shape index (κ3) is 5.48. The van der Waals surface area contributed by atoms with E-state index in [2.05, 4.69) is 132 Å². The molecule has 0 aliphatic rings. The van der Waals surface area contributed by atoms with Crippen molar-refractivity contribution in [2.24, 2.45) is 9.74 Å². The highest BCUT2D eigenvalue weighted by atomic mass is 31.2. The monoisotopic (exact) mass is 499 g/mol. The fourth-order valence-electron chi connectivity index (χ4n) is 4.34. The molecule has 0 N–H and O–H groups in total. The van der Waals surface area contributed by atoms with Crippen LogP contribution in [0.2, 0.25) is 0 Å². The van der Waals surface area contributed by atoms with Crippen molar-refractivity contribution in [3.8, 4) is 0 Å². The summed E-state index contributed by atoms with van der Waals surface area (Å²) in [5.74, 6) is 0. The van der Waals surface area contributed by atoms with Gasteiger partial charge in [-0.3, -0.25) is 9.74 Å². The highest BCUT2D eigenvalue weighted by molar-refractivity contribution is 7.87. The predicted molar refractivity (Wildman–Crippen MR) is 162 cm³/mol. The number of anilines is 1. The van der Waals surface area contributed by atoms with Gasteiger partial charge in [-0.25, -0.2) is 0 Å². The minimum Gasteiger partial charge on any atom is -0.378 e. The van der Waals surface area contributed by atoms with E-state index in [0.717, 1.165) is 16.9 Å². The molecule has 0 saturated heterocycles. The summed E-state index contributed by atoms with van der Waals surface area (Å²) in [7, 11) is 1.80. The quantitative estimate of drug-likeness (QED) is 0.170. The minimum absolute atomic E-state index is 0.902. The van der Waals surface area contributed by atoms with E-state index < -0.39 is 7.05 Å². The second-order valence-electron chi connectivity index (χ2n) is 9.00. The molecule has 5 rings (SSSR count). The van der Waals surface area contributed by atoms with Gasteiger partial charge in [-0.15, -0.1) is 0 Å². The van der Waals surface area contributed by atoms with Gasteiger partial charge in [-0.2, -0.15) is 0 Å². The molecule has 3 nitrogen and oxygen atoms in total. The zero-order chi connectivity index (χ0) is 25.5. The third-order valence-corrected chi connectivity index (χ3v) is 9.94. The zero-order valence-corrected chi connectivity index (χ0v) is 22.0. The number of rotatable bonds is 7. The Morgan fingerprint density at radius 1 is 0.514 bits per heavy atom. The summed E-state index contributed by atoms with van der Waals surface area (Å²) in [6, 6.07) is 48.7. The second kappa shape index (κ2) is 11.2. The molecular formula is C33H30N3P. The lowest BCUT2D eigenvalue weighted by molar-refractivity contribution is 1.13. The Balaban J connectivity index is 1.57. The zero-order valence-electron chi connectivity index (χ0n) is 21.1. The van der Waals surface area contributed by atoms with Crippen molar-refractivity contribution in [1.82, 2.24) is 0 Å². The number of nitrogens with zero attached hydrogens (tertiary/aromatic N) is 3. The van der Waals surface area contributed by atoms with Gasteiger partial charge in [-0.1, -0.05) is 103 Å². The van der Waals surface area contributed by atoms with Crippen LogP contribution in [0.5, 0.6) is 0 Å². The van der Waals surface area contributed by atoms with Crippen LogP contribution in [0.25, 0.3) is 0 Å². The molecule has 0 amide bonds. The molecule has 0 aliphatic carbocycles. The van der Waals surface area contributed by atoms with Gasteiger partial charge in [0.05, 0.1) is 18.4 Å². The maximum atomic E-state index is 5.54. The van der Waals surface area contributed by atoms with Gasteiger partial charge in [0.1, 0.15) is 0 Å². The maximum absolute atomic E-state index is 5.54. The first-order chi connectivity index (χ1) is 18.1. The Morgan fingerprint density at radius 3 is 1.38 bits per heavy atom. The standard InChI is InChI=1S/C33H30N3P/c1-36(2)30-24-18-27(19-25-30)26-34-28-20-22-29(23-21-28)35-37(31-12-6-3-7-13-31,32-14-8-4-9-15-32)33-16-10-5-11-17-33/h3-26H,1-2H3. The number of hydrogen-bond acceptors (Lipinski definition) is 3. The lowest BCUT2D eigenvalue weighted by atomic mass is 10.2. The average molecular weight is 500 g/mol. The first-order valence-electron chi connectivity index (χ1n) is 12.4. The highest BCUT2D eigenvalue weighted by Crippen LogP contribution is 2.49. The van der Waals surface area contributed by atoms with Crippen LogP contribution in [0.4, 0.5) is 17.1 Å². The Morgan fingerprint density at radius 2 is 0.946 bits per heavy atom. The summed E-state index contributed by atoms with van der Waals surface area (Å²) < 4.78 is 5.54. The van der Waals surface area contributed by atoms with Crippen LogP contribution in [0.3, 0.4) is 0 Å². The lowest BCUT2D eigenvalue weighted by Crippen LogP contribution is -2.25. The van der Waals surface area contributed by atoms with Crippen molar-refractivity contribution < 1.29 is 0 Å². The van der Waals surface area contributed by atoms with E-state index in [0.29, 0.717) is 0 Å². The fourth-order valence-corrected chi connectivity index (χ4v) is 7.87. The summed E-state index contributed by atoms with van der Waals surface area (Å²) in [6.45, 7) is 0. The fraction of sp³-hybridized carbons (Fsp3) is 0.0606. The van der Waals surface area contributed by atoms with Gasteiger partial charge in [-0.05, 0) is 42.0 Å². The maximum Gasteiger partial charge on any atom is 0.0631 e. The van der Waals surface area contributed by atoms with Crippen molar-refractivity contribution in [3.63, 3.8) is 0 Å². The molecule has 5 aromatic rings. The topological polar surface area (TPSA) is 28.0 Å². The summed E-state index contributed by atoms with van der Waals surface area (Å²) >= 11 is 0. The molecule has 0 aliphatic heterocycles. The molecule has 0 unspecified atom stereocenters. The summed E-state index contributed by atoms with van der Waals surface area (Å²) in [6.07, 6.45) is 1.90. The smallest absolute Gasteiger partial charge is 0.0631 e. The summed E-state index contributed by atoms with van der Waals surface area (Å²) in [4.78, 5) is 6.78. The molecule has 0 heterocycles. The molecular weight excluding hydrogens is 469 g/mol. The van der Waals surface area contributed by atoms with Gasteiger partial charge < -0.3 is 4.90 Å². The largest absolute Gasteiger partial charge is 0.378 e. The van der Waals surface area contributed by atoms with E-state index in [1.807, 2.05) is 32.4 Å². The molecule has 0 bridgehead atoms. The summed E-state index contributed by atoms with van der Waals surface area (Å²) in [5.41, 5.74) is 4.09. The molecule has 182 valence electrons. The van der Waals surface area contributed by atoms with E-state index >= 15 is 0 Å². The van der Waals surface area contributed by atoms with Crippen LogP contribution in [-0.2, 0) is 0 Å². The first kappa shape index (κ1) is 24.5. The summed E-state index contributed by atoms with van der Waals surface area (Å²) in [5, 5.41) is 3.70. The van der Waals surface area contributed by atoms with E-state index in [4.69, 9.17) is 9.74 Å². The van der Waals surface area contributed by atoms with Gasteiger partial charge in [0.2, 0.25) is 0 Å². The van der Waals surface area contributed by atoms with Crippen LogP contribution in [0, 0.1) is 0 Å². The van der Waals surface area contributed by atoms with Gasteiger partial charge in [0.15, 0.2) is 0 Å². The molecule has 0 atom stereocenters. The van der Waals surface area contributed by atoms with Crippen LogP contribution in [0.15, 0.2) is 149 Å². The SMILES string of the molecule is CN(C)c1ccc(C=Nc2ccc(N=P(c3ccccc3)(c3ccccc3)c3ccccc3)cc2)cc1. The van der Waals surface area contributed by atoms with Crippen LogP contribution >= 0.6 is 7.05 Å². The Hall–Kier alpha value is -4.20. The molecule has 0 fully saturated rings. The first-order valence-corrected chi connectivity index (χ1v) is 14.1. The molecule has 5 aromatic carbocycles. The van der Waals surface area contributed by atoms with Crippen molar-refractivity contribution in [2.75, 3.05) is 19.0 Å². The normalized spacial score (nSPS) is 11.4. The van der Waals surface area contributed by atoms with Crippen molar-refractivity contribution >= 4 is 46.2 Å². The van der Waals surface area contributed by atoms with Crippen molar-refractivity contribution in [1.29, 1.82) is 0 Å². The Labute approximate surface area is 219 Å². The van der Waals surface area contributed by atoms with Crippen molar-refractivity contribution in [3.05, 3.63) is 145 Å². The highest BCUT2D eigenvalue weighted by Gasteiger charge is 2.27. The third-order valence-electron chi connectivity index (χ3n) is 6.28. The minimum atomic E-state index is -2.28. The molecule has 37 heavy (non-hydrogen) atoms. The average Bonchev–Trinajstić information content (AvgIpc) is 2.97. The van der Waals surface area contributed by atoms with Crippen LogP contribution in [0.1, 0.15) is 5.56 Å². The van der Waals surface area contributed by atoms with E-state index in [1.165, 1.54) is 21.6 Å². The number of hydrogen-bond donors (Lipinski definition) is 0. The molecule has 4 heteroatoms. The number of benzene rings is 5. The Kier molecular flexibility index (Phi) is 7.44. The van der Waals surface area contributed by atoms with Crippen LogP contribution < -0.4 is 20.8 Å². The van der Waals surface area contributed by atoms with Gasteiger partial charge in [0, 0.05) is 41.9 Å². The van der Waals surface area contributed by atoms with Gasteiger partial charge in [0.25, 0.3) is 0 Å². The van der Waals surface area contributed by atoms with E-state index in [1.54, 1.807) is 0 Å². The molecule has 0 saturated carbocycles. The van der Waals surface area contributed by atoms with Gasteiger partial charge >= 0.3 is 0 Å². The second-order valence-corrected chi connectivity index (χ2v) is 12.0. The lowest BCUT2D eigenvalue weighted by Gasteiger charge is -2.27. The van der Waals surface area contributed by atoms with Crippen molar-refractivity contribution in [2.45, 2.75) is 0 Å². The van der Waals surface area contributed by atoms with Crippen LogP contribution in [-0.4, -0.2) is 20.3 Å². The van der Waals surface area contributed by atoms with E-state index in [9.17, 15) is 0 Å². The molecule has 0 aromatic heterocycles. The molecule has 0 spiro atoms. The Bertz CT molecular complexity index is 1410. The predicted octanol–water partition coefficient (Wildman–Crippen LogP) is 7.31. The molecule has 0 radical (unpaired) electrons. The number of aliphatic imine (C=N–C) groups is 1. The van der Waals surface area contributed by atoms with E-state index in [-0.39, 0.29) is 0 Å².